The van der Waals surface area contributed by atoms with Gasteiger partial charge in [-0.25, -0.2) is 13.1 Å². The minimum Gasteiger partial charge on any atom is -0.341 e. The number of hydrogen-bond acceptors (Lipinski definition) is 3. The maximum Gasteiger partial charge on any atom is 0.240 e. The van der Waals surface area contributed by atoms with Gasteiger partial charge in [0.1, 0.15) is 0 Å². The number of carbonyl (C=O) groups excluding carboxylic acids is 1. The Labute approximate surface area is 151 Å². The normalized spacial score (nSPS) is 17.4. The van der Waals surface area contributed by atoms with E-state index in [0.29, 0.717) is 25.4 Å². The Kier molecular flexibility index (Phi) is 7.44. The van der Waals surface area contributed by atoms with Crippen LogP contribution in [0.25, 0.3) is 0 Å². The summed E-state index contributed by atoms with van der Waals surface area (Å²) in [5.41, 5.74) is 1.34. The summed E-state index contributed by atoms with van der Waals surface area (Å²) in [5.74, 6) is 0.557. The van der Waals surface area contributed by atoms with E-state index in [4.69, 9.17) is 0 Å². The molecule has 0 spiro atoms. The van der Waals surface area contributed by atoms with E-state index < -0.39 is 16.1 Å². The van der Waals surface area contributed by atoms with Crippen LogP contribution in [0.2, 0.25) is 0 Å². The van der Waals surface area contributed by atoms with E-state index >= 15 is 0 Å². The van der Waals surface area contributed by atoms with Crippen molar-refractivity contribution in [3.8, 4) is 0 Å². The number of sulfonamides is 1. The molecule has 25 heavy (non-hydrogen) atoms. The van der Waals surface area contributed by atoms with Crippen LogP contribution in [0.4, 0.5) is 0 Å². The van der Waals surface area contributed by atoms with E-state index in [1.807, 2.05) is 13.0 Å². The summed E-state index contributed by atoms with van der Waals surface area (Å²) in [6.07, 6.45) is 4.41. The number of nitrogens with zero attached hydrogens (tertiary/aromatic N) is 1. The SMILES string of the molecule is CCCCS(=O)(=O)N[C@H](C)C(=O)N1CCC(Cc2ccccc2)CC1. The molecule has 1 heterocycles. The van der Waals surface area contributed by atoms with Crippen LogP contribution in [-0.4, -0.2) is 44.1 Å². The summed E-state index contributed by atoms with van der Waals surface area (Å²) in [5, 5.41) is 0. The van der Waals surface area contributed by atoms with Gasteiger partial charge in [-0.2, -0.15) is 0 Å². The smallest absolute Gasteiger partial charge is 0.240 e. The van der Waals surface area contributed by atoms with Crippen molar-refractivity contribution < 1.29 is 13.2 Å². The molecule has 0 aromatic heterocycles. The van der Waals surface area contributed by atoms with E-state index in [1.165, 1.54) is 5.56 Å². The van der Waals surface area contributed by atoms with Gasteiger partial charge in [0.2, 0.25) is 15.9 Å². The number of rotatable bonds is 8. The molecule has 5 nitrogen and oxygen atoms in total. The molecule has 0 aliphatic carbocycles. The minimum absolute atomic E-state index is 0.0836. The fraction of sp³-hybridized carbons (Fsp3) is 0.632. The summed E-state index contributed by atoms with van der Waals surface area (Å²) in [6, 6.07) is 9.73. The lowest BCUT2D eigenvalue weighted by Gasteiger charge is -2.33. The van der Waals surface area contributed by atoms with Gasteiger partial charge in [0.15, 0.2) is 0 Å². The van der Waals surface area contributed by atoms with Gasteiger partial charge in [-0.3, -0.25) is 4.79 Å². The van der Waals surface area contributed by atoms with Crippen molar-refractivity contribution in [3.63, 3.8) is 0 Å². The van der Waals surface area contributed by atoms with Crippen LogP contribution in [0.3, 0.4) is 0 Å². The van der Waals surface area contributed by atoms with Crippen LogP contribution in [-0.2, 0) is 21.2 Å². The van der Waals surface area contributed by atoms with Crippen LogP contribution < -0.4 is 4.72 Å². The van der Waals surface area contributed by atoms with Gasteiger partial charge in [-0.1, -0.05) is 43.7 Å². The zero-order valence-electron chi connectivity index (χ0n) is 15.3. The second-order valence-electron chi connectivity index (χ2n) is 6.97. The summed E-state index contributed by atoms with van der Waals surface area (Å²) in [4.78, 5) is 14.3. The van der Waals surface area contributed by atoms with E-state index in [2.05, 4.69) is 29.0 Å². The number of carbonyl (C=O) groups is 1. The van der Waals surface area contributed by atoms with E-state index in [0.717, 1.165) is 25.7 Å². The highest BCUT2D eigenvalue weighted by molar-refractivity contribution is 7.89. The summed E-state index contributed by atoms with van der Waals surface area (Å²) < 4.78 is 26.4. The van der Waals surface area contributed by atoms with E-state index in [9.17, 15) is 13.2 Å². The molecule has 2 rings (SSSR count). The fourth-order valence-electron chi connectivity index (χ4n) is 3.29. The molecule has 0 radical (unpaired) electrons. The highest BCUT2D eigenvalue weighted by Crippen LogP contribution is 2.22. The number of likely N-dealkylation sites (tertiary alicyclic amines) is 1. The Balaban J connectivity index is 1.80. The molecule has 1 aliphatic rings. The summed E-state index contributed by atoms with van der Waals surface area (Å²) in [6.45, 7) is 5.00. The number of nitrogens with one attached hydrogen (secondary N) is 1. The zero-order valence-corrected chi connectivity index (χ0v) is 16.1. The molecule has 1 aromatic carbocycles. The number of unbranched alkanes of at least 4 members (excludes halogenated alkanes) is 1. The third kappa shape index (κ3) is 6.44. The summed E-state index contributed by atoms with van der Waals surface area (Å²) >= 11 is 0. The molecule has 0 saturated carbocycles. The summed E-state index contributed by atoms with van der Waals surface area (Å²) in [7, 11) is -3.38. The highest BCUT2D eigenvalue weighted by atomic mass is 32.2. The fourth-order valence-corrected chi connectivity index (χ4v) is 4.72. The topological polar surface area (TPSA) is 66.5 Å². The zero-order chi connectivity index (χ0) is 18.3. The number of amides is 1. The Morgan fingerprint density at radius 2 is 1.88 bits per heavy atom. The van der Waals surface area contributed by atoms with Gasteiger partial charge in [0, 0.05) is 13.1 Å². The molecule has 1 saturated heterocycles. The highest BCUT2D eigenvalue weighted by Gasteiger charge is 2.28. The van der Waals surface area contributed by atoms with Gasteiger partial charge >= 0.3 is 0 Å². The number of piperidine rings is 1. The molecule has 0 bridgehead atoms. The second-order valence-corrected chi connectivity index (χ2v) is 8.84. The van der Waals surface area contributed by atoms with Crippen molar-refractivity contribution in [2.45, 2.75) is 52.0 Å². The molecule has 1 fully saturated rings. The number of hydrogen-bond donors (Lipinski definition) is 1. The lowest BCUT2D eigenvalue weighted by atomic mass is 9.90. The van der Waals surface area contributed by atoms with Gasteiger partial charge in [0.05, 0.1) is 11.8 Å². The largest absolute Gasteiger partial charge is 0.341 e. The average molecular weight is 367 g/mol. The quantitative estimate of drug-likeness (QED) is 0.769. The van der Waals surface area contributed by atoms with E-state index in [-0.39, 0.29) is 11.7 Å². The van der Waals surface area contributed by atoms with Crippen molar-refractivity contribution in [2.75, 3.05) is 18.8 Å². The van der Waals surface area contributed by atoms with E-state index in [1.54, 1.807) is 11.8 Å². The monoisotopic (exact) mass is 366 g/mol. The molecule has 1 amide bonds. The first-order chi connectivity index (χ1) is 11.9. The minimum atomic E-state index is -3.38. The molecule has 1 atom stereocenters. The Morgan fingerprint density at radius 3 is 2.48 bits per heavy atom. The molecule has 1 aromatic rings. The van der Waals surface area contributed by atoms with Crippen molar-refractivity contribution in [2.24, 2.45) is 5.92 Å². The van der Waals surface area contributed by atoms with Crippen LogP contribution in [0.1, 0.15) is 45.1 Å². The average Bonchev–Trinajstić information content (AvgIpc) is 2.60. The third-order valence-corrected chi connectivity index (χ3v) is 6.33. The van der Waals surface area contributed by atoms with Crippen LogP contribution in [0, 0.1) is 5.92 Å². The number of benzene rings is 1. The predicted molar refractivity (Wildman–Crippen MR) is 101 cm³/mol. The Hall–Kier alpha value is -1.40. The van der Waals surface area contributed by atoms with Gasteiger partial charge < -0.3 is 4.90 Å². The second kappa shape index (κ2) is 9.34. The molecular weight excluding hydrogens is 336 g/mol. The first-order valence-electron chi connectivity index (χ1n) is 9.24. The van der Waals surface area contributed by atoms with Crippen molar-refractivity contribution >= 4 is 15.9 Å². The van der Waals surface area contributed by atoms with Crippen LogP contribution >= 0.6 is 0 Å². The molecular formula is C19H30N2O3S. The molecule has 1 N–H and O–H groups in total. The molecule has 1 aliphatic heterocycles. The third-order valence-electron chi connectivity index (χ3n) is 4.79. The standard InChI is InChI=1S/C19H30N2O3S/c1-3-4-14-25(23,24)20-16(2)19(22)21-12-10-18(11-13-21)15-17-8-6-5-7-9-17/h5-9,16,18,20H,3-4,10-15H2,1-2H3/t16-/m1/s1. The van der Waals surface area contributed by atoms with Gasteiger partial charge in [-0.05, 0) is 44.1 Å². The molecule has 6 heteroatoms. The first-order valence-corrected chi connectivity index (χ1v) is 10.9. The van der Waals surface area contributed by atoms with Crippen molar-refractivity contribution in [1.82, 2.24) is 9.62 Å². The molecule has 140 valence electrons. The Bertz CT molecular complexity index is 638. The lowest BCUT2D eigenvalue weighted by molar-refractivity contribution is -0.133. The van der Waals surface area contributed by atoms with Crippen molar-refractivity contribution in [1.29, 1.82) is 0 Å². The first kappa shape index (κ1) is 19.9. The Morgan fingerprint density at radius 1 is 1.24 bits per heavy atom. The maximum absolute atomic E-state index is 12.5. The van der Waals surface area contributed by atoms with Crippen LogP contribution in [0.5, 0.6) is 0 Å². The maximum atomic E-state index is 12.5. The lowest BCUT2D eigenvalue weighted by Crippen LogP contribution is -2.49. The van der Waals surface area contributed by atoms with Gasteiger partial charge in [0.25, 0.3) is 0 Å². The van der Waals surface area contributed by atoms with Gasteiger partial charge in [-0.15, -0.1) is 0 Å². The predicted octanol–water partition coefficient (Wildman–Crippen LogP) is 2.58. The van der Waals surface area contributed by atoms with Crippen LogP contribution in [0.15, 0.2) is 30.3 Å². The van der Waals surface area contributed by atoms with Crippen molar-refractivity contribution in [3.05, 3.63) is 35.9 Å². The molecule has 0 unspecified atom stereocenters.